The van der Waals surface area contributed by atoms with Crippen LogP contribution in [0.15, 0.2) is 42.7 Å². The fourth-order valence-corrected chi connectivity index (χ4v) is 2.03. The molecule has 4 N–H and O–H groups in total. The van der Waals surface area contributed by atoms with Crippen LogP contribution in [0, 0.1) is 12.8 Å². The van der Waals surface area contributed by atoms with Gasteiger partial charge in [-0.05, 0) is 43.7 Å². The van der Waals surface area contributed by atoms with Crippen LogP contribution in [-0.2, 0) is 4.79 Å². The Morgan fingerprint density at radius 1 is 1.08 bits per heavy atom. The third-order valence-corrected chi connectivity index (χ3v) is 3.90. The Balaban J connectivity index is 2.14. The number of rotatable bonds is 5. The number of carbonyl (C=O) groups is 2. The number of nitrogens with two attached hydrogens (primary N) is 1. The van der Waals surface area contributed by atoms with Gasteiger partial charge >= 0.3 is 0 Å². The second kappa shape index (κ2) is 7.70. The highest BCUT2D eigenvalue weighted by atomic mass is 16.2. The normalized spacial score (nSPS) is 13.0. The molecule has 126 valence electrons. The molecule has 0 aliphatic carbocycles. The number of aromatic nitrogens is 1. The molecule has 0 spiro atoms. The van der Waals surface area contributed by atoms with Crippen LogP contribution in [-0.4, -0.2) is 22.8 Å². The molecule has 1 aromatic heterocycles. The number of nitrogens with one attached hydrogen (secondary N) is 2. The first-order chi connectivity index (χ1) is 11.4. The van der Waals surface area contributed by atoms with Crippen molar-refractivity contribution in [1.82, 2.24) is 4.98 Å². The van der Waals surface area contributed by atoms with Crippen LogP contribution in [0.1, 0.15) is 29.8 Å². The summed E-state index contributed by atoms with van der Waals surface area (Å²) in [5, 5.41) is 5.67. The van der Waals surface area contributed by atoms with Crippen LogP contribution in [0.25, 0.3) is 0 Å². The molecule has 0 bridgehead atoms. The lowest BCUT2D eigenvalue weighted by molar-refractivity contribution is -0.119. The first-order valence-corrected chi connectivity index (χ1v) is 7.77. The molecule has 2 unspecified atom stereocenters. The van der Waals surface area contributed by atoms with Crippen LogP contribution in [0.3, 0.4) is 0 Å². The molecule has 0 radical (unpaired) electrons. The fourth-order valence-electron chi connectivity index (χ4n) is 2.03. The van der Waals surface area contributed by atoms with Crippen molar-refractivity contribution in [2.75, 3.05) is 10.6 Å². The Kier molecular flexibility index (Phi) is 5.65. The van der Waals surface area contributed by atoms with Gasteiger partial charge in [0.25, 0.3) is 5.91 Å². The second-order valence-electron chi connectivity index (χ2n) is 5.86. The molecular weight excluding hydrogens is 304 g/mol. The van der Waals surface area contributed by atoms with Crippen molar-refractivity contribution in [2.24, 2.45) is 11.7 Å². The van der Waals surface area contributed by atoms with Gasteiger partial charge in [0.05, 0.1) is 5.92 Å². The van der Waals surface area contributed by atoms with Crippen molar-refractivity contribution in [3.8, 4) is 0 Å². The van der Waals surface area contributed by atoms with E-state index < -0.39 is 0 Å². The number of anilines is 2. The van der Waals surface area contributed by atoms with Crippen molar-refractivity contribution in [2.45, 2.75) is 26.8 Å². The highest BCUT2D eigenvalue weighted by molar-refractivity contribution is 6.05. The number of carbonyl (C=O) groups excluding carboxylic acids is 2. The van der Waals surface area contributed by atoms with Gasteiger partial charge in [0.15, 0.2) is 0 Å². The molecule has 0 fully saturated rings. The molecule has 2 atom stereocenters. The van der Waals surface area contributed by atoms with E-state index in [0.717, 1.165) is 5.56 Å². The zero-order valence-electron chi connectivity index (χ0n) is 14.0. The van der Waals surface area contributed by atoms with Gasteiger partial charge in [-0.1, -0.05) is 13.0 Å². The minimum absolute atomic E-state index is 0.153. The molecule has 2 rings (SSSR count). The van der Waals surface area contributed by atoms with Gasteiger partial charge in [-0.3, -0.25) is 14.6 Å². The largest absolute Gasteiger partial charge is 0.327 e. The summed E-state index contributed by atoms with van der Waals surface area (Å²) >= 11 is 0. The van der Waals surface area contributed by atoms with E-state index in [4.69, 9.17) is 5.73 Å². The maximum atomic E-state index is 12.3. The van der Waals surface area contributed by atoms with Crippen LogP contribution >= 0.6 is 0 Å². The fraction of sp³-hybridized carbons (Fsp3) is 0.278. The maximum Gasteiger partial charge on any atom is 0.255 e. The Labute approximate surface area is 141 Å². The van der Waals surface area contributed by atoms with E-state index in [0.29, 0.717) is 16.9 Å². The van der Waals surface area contributed by atoms with Gasteiger partial charge in [-0.25, -0.2) is 0 Å². The molecular formula is C18H22N4O2. The Hall–Kier alpha value is -2.73. The molecule has 0 saturated carbocycles. The molecule has 0 aliphatic rings. The van der Waals surface area contributed by atoms with Crippen molar-refractivity contribution in [1.29, 1.82) is 0 Å². The summed E-state index contributed by atoms with van der Waals surface area (Å²) in [6, 6.07) is 8.42. The quantitative estimate of drug-likeness (QED) is 0.786. The smallest absolute Gasteiger partial charge is 0.255 e. The van der Waals surface area contributed by atoms with Gasteiger partial charge in [0.1, 0.15) is 0 Å². The SMILES string of the molecule is Cc1ccc(NC(=O)C(C)C(C)N)cc1NC(=O)c1ccncc1. The minimum atomic E-state index is -0.304. The summed E-state index contributed by atoms with van der Waals surface area (Å²) in [4.78, 5) is 28.3. The molecule has 24 heavy (non-hydrogen) atoms. The maximum absolute atomic E-state index is 12.3. The van der Waals surface area contributed by atoms with E-state index in [1.54, 1.807) is 50.5 Å². The highest BCUT2D eigenvalue weighted by Crippen LogP contribution is 2.21. The average molecular weight is 326 g/mol. The standard InChI is InChI=1S/C18H22N4O2/c1-11-4-5-15(21-17(23)12(2)13(3)19)10-16(11)22-18(24)14-6-8-20-9-7-14/h4-10,12-13H,19H2,1-3H3,(H,21,23)(H,22,24). The summed E-state index contributed by atoms with van der Waals surface area (Å²) in [6.07, 6.45) is 3.13. The van der Waals surface area contributed by atoms with Crippen LogP contribution < -0.4 is 16.4 Å². The molecule has 0 saturated heterocycles. The number of nitrogens with zero attached hydrogens (tertiary/aromatic N) is 1. The second-order valence-corrected chi connectivity index (χ2v) is 5.86. The summed E-state index contributed by atoms with van der Waals surface area (Å²) < 4.78 is 0. The Morgan fingerprint density at radius 3 is 2.38 bits per heavy atom. The third-order valence-electron chi connectivity index (χ3n) is 3.90. The zero-order chi connectivity index (χ0) is 17.7. The molecule has 6 heteroatoms. The van der Waals surface area contributed by atoms with Crippen LogP contribution in [0.4, 0.5) is 11.4 Å². The molecule has 2 aromatic rings. The van der Waals surface area contributed by atoms with E-state index in [2.05, 4.69) is 15.6 Å². The number of benzene rings is 1. The van der Waals surface area contributed by atoms with Gasteiger partial charge in [0.2, 0.25) is 5.91 Å². The molecule has 1 aromatic carbocycles. The molecule has 6 nitrogen and oxygen atoms in total. The summed E-state index contributed by atoms with van der Waals surface area (Å²) in [5.74, 6) is -0.686. The number of amides is 2. The Morgan fingerprint density at radius 2 is 1.75 bits per heavy atom. The van der Waals surface area contributed by atoms with Gasteiger partial charge in [0, 0.05) is 35.4 Å². The lowest BCUT2D eigenvalue weighted by atomic mass is 10.0. The Bertz CT molecular complexity index is 729. The van der Waals surface area contributed by atoms with Gasteiger partial charge in [-0.15, -0.1) is 0 Å². The number of pyridine rings is 1. The summed E-state index contributed by atoms with van der Waals surface area (Å²) in [6.45, 7) is 5.46. The van der Waals surface area contributed by atoms with E-state index >= 15 is 0 Å². The predicted octanol–water partition coefficient (Wildman–Crippen LogP) is 2.56. The van der Waals surface area contributed by atoms with E-state index in [1.165, 1.54) is 0 Å². The average Bonchev–Trinajstić information content (AvgIpc) is 2.57. The van der Waals surface area contributed by atoms with Gasteiger partial charge < -0.3 is 16.4 Å². The van der Waals surface area contributed by atoms with Crippen LogP contribution in [0.2, 0.25) is 0 Å². The molecule has 2 amide bonds. The lowest BCUT2D eigenvalue weighted by Crippen LogP contribution is -2.34. The van der Waals surface area contributed by atoms with Crippen LogP contribution in [0.5, 0.6) is 0 Å². The zero-order valence-corrected chi connectivity index (χ0v) is 14.0. The number of hydrogen-bond acceptors (Lipinski definition) is 4. The van der Waals surface area contributed by atoms with Crippen molar-refractivity contribution in [3.63, 3.8) is 0 Å². The van der Waals surface area contributed by atoms with E-state index in [1.807, 2.05) is 13.0 Å². The number of hydrogen-bond donors (Lipinski definition) is 3. The first-order valence-electron chi connectivity index (χ1n) is 7.77. The first kappa shape index (κ1) is 17.6. The lowest BCUT2D eigenvalue weighted by Gasteiger charge is -2.16. The molecule has 0 aliphatic heterocycles. The highest BCUT2D eigenvalue weighted by Gasteiger charge is 2.17. The van der Waals surface area contributed by atoms with Crippen molar-refractivity contribution >= 4 is 23.2 Å². The molecule has 1 heterocycles. The predicted molar refractivity (Wildman–Crippen MR) is 94.8 cm³/mol. The van der Waals surface area contributed by atoms with E-state index in [-0.39, 0.29) is 23.8 Å². The monoisotopic (exact) mass is 326 g/mol. The van der Waals surface area contributed by atoms with Gasteiger partial charge in [-0.2, -0.15) is 0 Å². The topological polar surface area (TPSA) is 97.1 Å². The van der Waals surface area contributed by atoms with Crippen molar-refractivity contribution in [3.05, 3.63) is 53.9 Å². The summed E-state index contributed by atoms with van der Waals surface area (Å²) in [7, 11) is 0. The van der Waals surface area contributed by atoms with Crippen molar-refractivity contribution < 1.29 is 9.59 Å². The minimum Gasteiger partial charge on any atom is -0.327 e. The third kappa shape index (κ3) is 4.39. The number of aryl methyl sites for hydroxylation is 1. The van der Waals surface area contributed by atoms with E-state index in [9.17, 15) is 9.59 Å². The summed E-state index contributed by atoms with van der Waals surface area (Å²) in [5.41, 5.74) is 8.42.